The molecule has 1 aliphatic heterocycles. The van der Waals surface area contributed by atoms with Gasteiger partial charge in [-0.15, -0.1) is 0 Å². The van der Waals surface area contributed by atoms with Crippen LogP contribution in [0.15, 0.2) is 18.2 Å². The molecular weight excluding hydrogens is 320 g/mol. The highest BCUT2D eigenvalue weighted by molar-refractivity contribution is 5.98. The minimum absolute atomic E-state index is 0.00310. The van der Waals surface area contributed by atoms with E-state index in [1.165, 1.54) is 6.92 Å². The highest BCUT2D eigenvalue weighted by Crippen LogP contribution is 2.36. The van der Waals surface area contributed by atoms with Crippen molar-refractivity contribution in [1.29, 1.82) is 0 Å². The van der Waals surface area contributed by atoms with Gasteiger partial charge in [0.1, 0.15) is 0 Å². The molecule has 134 valence electrons. The Morgan fingerprint density at radius 3 is 2.56 bits per heavy atom. The van der Waals surface area contributed by atoms with Gasteiger partial charge in [-0.1, -0.05) is 19.3 Å². The summed E-state index contributed by atoms with van der Waals surface area (Å²) >= 11 is 0. The Bertz CT molecular complexity index is 707. The first-order chi connectivity index (χ1) is 11.9. The van der Waals surface area contributed by atoms with Crippen molar-refractivity contribution in [2.75, 3.05) is 18.0 Å². The zero-order valence-corrected chi connectivity index (χ0v) is 14.5. The number of carbonyl (C=O) groups is 3. The predicted octanol–water partition coefficient (Wildman–Crippen LogP) is 2.36. The maximum Gasteiger partial charge on any atom is 0.311 e. The van der Waals surface area contributed by atoms with Gasteiger partial charge in [-0.2, -0.15) is 0 Å². The third-order valence-corrected chi connectivity index (χ3v) is 5.47. The average molecular weight is 344 g/mol. The molecule has 2 N–H and O–H groups in total. The number of rotatable bonds is 4. The highest BCUT2D eigenvalue weighted by Gasteiger charge is 2.39. The molecule has 25 heavy (non-hydrogen) atoms. The number of aliphatic carboxylic acids is 1. The largest absolute Gasteiger partial charge is 0.481 e. The summed E-state index contributed by atoms with van der Waals surface area (Å²) in [6.07, 6.45) is 4.79. The van der Waals surface area contributed by atoms with Crippen LogP contribution in [-0.4, -0.2) is 36.0 Å². The van der Waals surface area contributed by atoms with Crippen LogP contribution in [0.3, 0.4) is 0 Å². The fraction of sp³-hybridized carbons (Fsp3) is 0.526. The van der Waals surface area contributed by atoms with E-state index in [2.05, 4.69) is 5.32 Å². The fourth-order valence-corrected chi connectivity index (χ4v) is 3.92. The quantitative estimate of drug-likeness (QED) is 0.878. The Kier molecular flexibility index (Phi) is 4.79. The van der Waals surface area contributed by atoms with E-state index >= 15 is 0 Å². The lowest BCUT2D eigenvalue weighted by Crippen LogP contribution is -2.44. The van der Waals surface area contributed by atoms with Crippen LogP contribution in [0.1, 0.15) is 54.9 Å². The van der Waals surface area contributed by atoms with E-state index in [0.29, 0.717) is 24.9 Å². The molecule has 0 unspecified atom stereocenters. The number of carboxylic acid groups (broad SMARTS) is 1. The molecule has 1 aliphatic carbocycles. The minimum Gasteiger partial charge on any atom is -0.481 e. The van der Waals surface area contributed by atoms with Crippen LogP contribution in [0, 0.1) is 5.41 Å². The molecule has 1 fully saturated rings. The Hall–Kier alpha value is -2.37. The van der Waals surface area contributed by atoms with Gasteiger partial charge < -0.3 is 15.3 Å². The monoisotopic (exact) mass is 344 g/mol. The first-order valence-electron chi connectivity index (χ1n) is 8.86. The summed E-state index contributed by atoms with van der Waals surface area (Å²) in [6.45, 7) is 2.33. The van der Waals surface area contributed by atoms with Crippen LogP contribution in [0.4, 0.5) is 5.69 Å². The maximum absolute atomic E-state index is 12.5. The summed E-state index contributed by atoms with van der Waals surface area (Å²) in [6, 6.07) is 5.30. The van der Waals surface area contributed by atoms with Crippen molar-refractivity contribution in [3.8, 4) is 0 Å². The minimum atomic E-state index is -0.837. The van der Waals surface area contributed by atoms with Crippen LogP contribution >= 0.6 is 0 Å². The number of amides is 2. The number of carboxylic acids is 1. The van der Waals surface area contributed by atoms with E-state index in [9.17, 15) is 19.5 Å². The lowest BCUT2D eigenvalue weighted by Gasteiger charge is -2.33. The molecule has 0 radical (unpaired) electrons. The molecule has 3 rings (SSSR count). The Labute approximate surface area is 147 Å². The van der Waals surface area contributed by atoms with Gasteiger partial charge in [-0.3, -0.25) is 14.4 Å². The zero-order valence-electron chi connectivity index (χ0n) is 14.5. The molecule has 0 aromatic heterocycles. The van der Waals surface area contributed by atoms with Crippen molar-refractivity contribution < 1.29 is 19.5 Å². The summed E-state index contributed by atoms with van der Waals surface area (Å²) in [7, 11) is 0. The van der Waals surface area contributed by atoms with Crippen molar-refractivity contribution in [3.05, 3.63) is 29.3 Å². The van der Waals surface area contributed by atoms with Crippen molar-refractivity contribution >= 4 is 23.5 Å². The number of anilines is 1. The van der Waals surface area contributed by atoms with E-state index in [-0.39, 0.29) is 18.4 Å². The molecule has 1 saturated carbocycles. The first kappa shape index (κ1) is 17.5. The molecule has 0 atom stereocenters. The second-order valence-electron chi connectivity index (χ2n) is 7.09. The van der Waals surface area contributed by atoms with E-state index in [0.717, 1.165) is 36.9 Å². The smallest absolute Gasteiger partial charge is 0.311 e. The molecule has 1 heterocycles. The number of benzene rings is 1. The lowest BCUT2D eigenvalue weighted by molar-refractivity contribution is -0.150. The van der Waals surface area contributed by atoms with Crippen molar-refractivity contribution in [2.24, 2.45) is 5.41 Å². The van der Waals surface area contributed by atoms with E-state index in [1.54, 1.807) is 17.0 Å². The maximum atomic E-state index is 12.5. The van der Waals surface area contributed by atoms with Gasteiger partial charge in [0.05, 0.1) is 5.41 Å². The Balaban J connectivity index is 1.70. The van der Waals surface area contributed by atoms with Crippen molar-refractivity contribution in [3.63, 3.8) is 0 Å². The third kappa shape index (κ3) is 3.38. The number of carbonyl (C=O) groups excluding carboxylic acids is 2. The average Bonchev–Trinajstić information content (AvgIpc) is 3.03. The van der Waals surface area contributed by atoms with E-state index in [1.807, 2.05) is 6.07 Å². The highest BCUT2D eigenvalue weighted by atomic mass is 16.4. The molecule has 0 spiro atoms. The van der Waals surface area contributed by atoms with Crippen molar-refractivity contribution in [1.82, 2.24) is 5.32 Å². The van der Waals surface area contributed by atoms with Crippen LogP contribution in [-0.2, 0) is 16.0 Å². The fourth-order valence-electron chi connectivity index (χ4n) is 3.92. The summed E-state index contributed by atoms with van der Waals surface area (Å²) in [5, 5.41) is 12.4. The molecule has 0 saturated heterocycles. The number of nitrogens with zero attached hydrogens (tertiary/aromatic N) is 1. The lowest BCUT2D eigenvalue weighted by atomic mass is 9.74. The van der Waals surface area contributed by atoms with Crippen LogP contribution in [0.2, 0.25) is 0 Å². The number of hydrogen-bond donors (Lipinski definition) is 2. The first-order valence-corrected chi connectivity index (χ1v) is 8.86. The molecule has 1 aromatic rings. The molecule has 0 bridgehead atoms. The zero-order chi connectivity index (χ0) is 18.0. The molecule has 6 heteroatoms. The molecule has 1 aromatic carbocycles. The number of hydrogen-bond acceptors (Lipinski definition) is 3. The van der Waals surface area contributed by atoms with Gasteiger partial charge in [-0.25, -0.2) is 0 Å². The third-order valence-electron chi connectivity index (χ3n) is 5.47. The van der Waals surface area contributed by atoms with Crippen LogP contribution in [0.5, 0.6) is 0 Å². The summed E-state index contributed by atoms with van der Waals surface area (Å²) in [4.78, 5) is 37.5. The Morgan fingerprint density at radius 1 is 1.20 bits per heavy atom. The second kappa shape index (κ2) is 6.86. The molecule has 6 nitrogen and oxygen atoms in total. The summed E-state index contributed by atoms with van der Waals surface area (Å²) < 4.78 is 0. The van der Waals surface area contributed by atoms with Gasteiger partial charge in [0.2, 0.25) is 5.91 Å². The standard InChI is InChI=1S/C19H24N2O4/c1-13(22)21-10-7-14-11-15(5-6-16(14)21)17(23)20-12-19(18(24)25)8-3-2-4-9-19/h5-6,11H,2-4,7-10,12H2,1H3,(H,20,23)(H,24,25). The van der Waals surface area contributed by atoms with Gasteiger partial charge in [-0.05, 0) is 43.0 Å². The SMILES string of the molecule is CC(=O)N1CCc2cc(C(=O)NCC3(C(=O)O)CCCCC3)ccc21. The number of fused-ring (bicyclic) bond motifs is 1. The molecule has 2 aliphatic rings. The topological polar surface area (TPSA) is 86.7 Å². The predicted molar refractivity (Wildman–Crippen MR) is 93.7 cm³/mol. The van der Waals surface area contributed by atoms with Crippen LogP contribution in [0.25, 0.3) is 0 Å². The summed E-state index contributed by atoms with van der Waals surface area (Å²) in [5.41, 5.74) is 1.52. The Morgan fingerprint density at radius 2 is 1.92 bits per heavy atom. The second-order valence-corrected chi connectivity index (χ2v) is 7.09. The van der Waals surface area contributed by atoms with Crippen LogP contribution < -0.4 is 10.2 Å². The van der Waals surface area contributed by atoms with Gasteiger partial charge in [0.15, 0.2) is 0 Å². The van der Waals surface area contributed by atoms with E-state index < -0.39 is 11.4 Å². The van der Waals surface area contributed by atoms with Crippen molar-refractivity contribution in [2.45, 2.75) is 45.4 Å². The van der Waals surface area contributed by atoms with Gasteiger partial charge in [0.25, 0.3) is 5.91 Å². The van der Waals surface area contributed by atoms with E-state index in [4.69, 9.17) is 0 Å². The molecule has 2 amide bonds. The van der Waals surface area contributed by atoms with Gasteiger partial charge >= 0.3 is 5.97 Å². The normalized spacial score (nSPS) is 18.5. The number of nitrogens with one attached hydrogen (secondary N) is 1. The molecular formula is C19H24N2O4. The summed E-state index contributed by atoms with van der Waals surface area (Å²) in [5.74, 6) is -1.08. The van der Waals surface area contributed by atoms with Gasteiger partial charge in [0, 0.05) is 31.3 Å².